The van der Waals surface area contributed by atoms with E-state index in [0.717, 1.165) is 31.1 Å². The Kier molecular flexibility index (Phi) is 4.78. The molecule has 2 rings (SSSR count). The Morgan fingerprint density at radius 3 is 2.78 bits per heavy atom. The lowest BCUT2D eigenvalue weighted by atomic mass is 10.00. The van der Waals surface area contributed by atoms with Crippen LogP contribution in [0.3, 0.4) is 0 Å². The Morgan fingerprint density at radius 1 is 1.28 bits per heavy atom. The topological polar surface area (TPSA) is 27.0 Å². The van der Waals surface area contributed by atoms with Gasteiger partial charge in [-0.3, -0.25) is 0 Å². The van der Waals surface area contributed by atoms with Crippen molar-refractivity contribution < 1.29 is 0 Å². The number of likely N-dealkylation sites (tertiary alicyclic amines) is 1. The van der Waals surface area contributed by atoms with Gasteiger partial charge in [-0.05, 0) is 43.8 Å². The summed E-state index contributed by atoms with van der Waals surface area (Å²) in [5.41, 5.74) is 1.15. The van der Waals surface area contributed by atoms with Crippen molar-refractivity contribution in [1.29, 1.82) is 5.26 Å². The van der Waals surface area contributed by atoms with Crippen molar-refractivity contribution in [3.8, 4) is 6.07 Å². The normalized spacial score (nSPS) is 23.0. The zero-order chi connectivity index (χ0) is 12.8. The van der Waals surface area contributed by atoms with E-state index in [2.05, 4.69) is 30.0 Å². The van der Waals surface area contributed by atoms with Crippen LogP contribution >= 0.6 is 0 Å². The van der Waals surface area contributed by atoms with Gasteiger partial charge in [0.25, 0.3) is 0 Å². The zero-order valence-electron chi connectivity index (χ0n) is 11.2. The SMILES string of the molecule is CC1CCCN(CC(C#N)c2ccccc2)CC1. The molecular formula is C16H22N2. The molecule has 2 nitrogen and oxygen atoms in total. The van der Waals surface area contributed by atoms with Crippen LogP contribution in [0, 0.1) is 17.2 Å². The van der Waals surface area contributed by atoms with E-state index in [1.165, 1.54) is 19.3 Å². The van der Waals surface area contributed by atoms with Crippen LogP contribution in [0.4, 0.5) is 0 Å². The van der Waals surface area contributed by atoms with Gasteiger partial charge in [0, 0.05) is 6.54 Å². The maximum Gasteiger partial charge on any atom is 0.0839 e. The molecule has 1 fully saturated rings. The van der Waals surface area contributed by atoms with Gasteiger partial charge in [0.15, 0.2) is 0 Å². The lowest BCUT2D eigenvalue weighted by molar-refractivity contribution is 0.276. The van der Waals surface area contributed by atoms with E-state index in [4.69, 9.17) is 0 Å². The quantitative estimate of drug-likeness (QED) is 0.812. The first-order valence-electron chi connectivity index (χ1n) is 6.96. The summed E-state index contributed by atoms with van der Waals surface area (Å²) in [5, 5.41) is 9.36. The van der Waals surface area contributed by atoms with Gasteiger partial charge in [-0.2, -0.15) is 5.26 Å². The van der Waals surface area contributed by atoms with Gasteiger partial charge in [0.05, 0.1) is 12.0 Å². The van der Waals surface area contributed by atoms with Crippen molar-refractivity contribution in [2.45, 2.75) is 32.1 Å². The number of nitrogens with zero attached hydrogens (tertiary/aromatic N) is 2. The van der Waals surface area contributed by atoms with Crippen LogP contribution in [-0.2, 0) is 0 Å². The molecule has 1 aromatic carbocycles. The molecule has 0 N–H and O–H groups in total. The van der Waals surface area contributed by atoms with Gasteiger partial charge in [0.1, 0.15) is 0 Å². The highest BCUT2D eigenvalue weighted by molar-refractivity contribution is 5.25. The molecule has 0 bridgehead atoms. The number of rotatable bonds is 3. The van der Waals surface area contributed by atoms with E-state index in [-0.39, 0.29) is 5.92 Å². The molecule has 0 aromatic heterocycles. The first-order chi connectivity index (χ1) is 8.79. The smallest absolute Gasteiger partial charge is 0.0839 e. The molecule has 96 valence electrons. The fourth-order valence-corrected chi connectivity index (χ4v) is 2.67. The van der Waals surface area contributed by atoms with Crippen molar-refractivity contribution >= 4 is 0 Å². The number of hydrogen-bond donors (Lipinski definition) is 0. The highest BCUT2D eigenvalue weighted by atomic mass is 15.1. The highest BCUT2D eigenvalue weighted by Gasteiger charge is 2.18. The Bertz CT molecular complexity index is 393. The van der Waals surface area contributed by atoms with Gasteiger partial charge in [-0.15, -0.1) is 0 Å². The second-order valence-electron chi connectivity index (χ2n) is 5.43. The largest absolute Gasteiger partial charge is 0.302 e. The van der Waals surface area contributed by atoms with Crippen LogP contribution in [0.2, 0.25) is 0 Å². The third-order valence-corrected chi connectivity index (χ3v) is 3.91. The third-order valence-electron chi connectivity index (χ3n) is 3.91. The molecule has 0 spiro atoms. The van der Waals surface area contributed by atoms with Crippen molar-refractivity contribution in [1.82, 2.24) is 4.90 Å². The van der Waals surface area contributed by atoms with E-state index in [1.54, 1.807) is 0 Å². The molecule has 1 aromatic rings. The summed E-state index contributed by atoms with van der Waals surface area (Å²) < 4.78 is 0. The molecular weight excluding hydrogens is 220 g/mol. The molecule has 0 radical (unpaired) electrons. The van der Waals surface area contributed by atoms with E-state index in [0.29, 0.717) is 0 Å². The van der Waals surface area contributed by atoms with Crippen molar-refractivity contribution in [3.63, 3.8) is 0 Å². The average Bonchev–Trinajstić information content (AvgIpc) is 2.62. The van der Waals surface area contributed by atoms with E-state index in [9.17, 15) is 5.26 Å². The maximum absolute atomic E-state index is 9.36. The van der Waals surface area contributed by atoms with Crippen LogP contribution in [-0.4, -0.2) is 24.5 Å². The highest BCUT2D eigenvalue weighted by Crippen LogP contribution is 2.21. The van der Waals surface area contributed by atoms with E-state index in [1.807, 2.05) is 18.2 Å². The Labute approximate surface area is 110 Å². The first kappa shape index (κ1) is 13.1. The first-order valence-corrected chi connectivity index (χ1v) is 6.96. The summed E-state index contributed by atoms with van der Waals surface area (Å²) in [6, 6.07) is 12.6. The molecule has 2 atom stereocenters. The van der Waals surface area contributed by atoms with Crippen molar-refractivity contribution in [3.05, 3.63) is 35.9 Å². The summed E-state index contributed by atoms with van der Waals surface area (Å²) >= 11 is 0. The minimum atomic E-state index is 0.0135. The predicted molar refractivity (Wildman–Crippen MR) is 74.3 cm³/mol. The van der Waals surface area contributed by atoms with Crippen LogP contribution < -0.4 is 0 Å². The Morgan fingerprint density at radius 2 is 2.06 bits per heavy atom. The predicted octanol–water partition coefficient (Wildman–Crippen LogP) is 3.42. The van der Waals surface area contributed by atoms with Crippen LogP contribution in [0.25, 0.3) is 0 Å². The van der Waals surface area contributed by atoms with Crippen LogP contribution in [0.1, 0.15) is 37.7 Å². The van der Waals surface area contributed by atoms with Gasteiger partial charge in [-0.1, -0.05) is 37.3 Å². The summed E-state index contributed by atoms with van der Waals surface area (Å²) in [4.78, 5) is 2.46. The number of nitriles is 1. The minimum Gasteiger partial charge on any atom is -0.302 e. The Hall–Kier alpha value is -1.33. The second-order valence-corrected chi connectivity index (χ2v) is 5.43. The number of hydrogen-bond acceptors (Lipinski definition) is 2. The maximum atomic E-state index is 9.36. The second kappa shape index (κ2) is 6.56. The van der Waals surface area contributed by atoms with Crippen molar-refractivity contribution in [2.75, 3.05) is 19.6 Å². The third kappa shape index (κ3) is 3.58. The lowest BCUT2D eigenvalue weighted by Gasteiger charge is -2.22. The van der Waals surface area contributed by atoms with Crippen LogP contribution in [0.15, 0.2) is 30.3 Å². The molecule has 0 amide bonds. The van der Waals surface area contributed by atoms with E-state index < -0.39 is 0 Å². The zero-order valence-corrected chi connectivity index (χ0v) is 11.2. The van der Waals surface area contributed by atoms with Gasteiger partial charge < -0.3 is 4.90 Å². The molecule has 1 aliphatic rings. The van der Waals surface area contributed by atoms with Gasteiger partial charge >= 0.3 is 0 Å². The average molecular weight is 242 g/mol. The standard InChI is InChI=1S/C16H22N2/c1-14-6-5-10-18(11-9-14)13-16(12-17)15-7-3-2-4-8-15/h2-4,7-8,14,16H,5-6,9-11,13H2,1H3. The summed E-state index contributed by atoms with van der Waals surface area (Å²) in [5.74, 6) is 0.854. The monoisotopic (exact) mass is 242 g/mol. The summed E-state index contributed by atoms with van der Waals surface area (Å²) in [6.45, 7) is 5.51. The van der Waals surface area contributed by atoms with E-state index >= 15 is 0 Å². The number of benzene rings is 1. The summed E-state index contributed by atoms with van der Waals surface area (Å²) in [7, 11) is 0. The molecule has 0 aliphatic carbocycles. The molecule has 2 heteroatoms. The summed E-state index contributed by atoms with van der Waals surface area (Å²) in [6.07, 6.45) is 3.88. The molecule has 0 saturated carbocycles. The lowest BCUT2D eigenvalue weighted by Crippen LogP contribution is -2.29. The fraction of sp³-hybridized carbons (Fsp3) is 0.562. The molecule has 1 aliphatic heterocycles. The molecule has 18 heavy (non-hydrogen) atoms. The van der Waals surface area contributed by atoms with Gasteiger partial charge in [-0.25, -0.2) is 0 Å². The van der Waals surface area contributed by atoms with Crippen LogP contribution in [0.5, 0.6) is 0 Å². The molecule has 2 unspecified atom stereocenters. The van der Waals surface area contributed by atoms with Crippen molar-refractivity contribution in [2.24, 2.45) is 5.92 Å². The fourth-order valence-electron chi connectivity index (χ4n) is 2.67. The Balaban J connectivity index is 1.97. The minimum absolute atomic E-state index is 0.0135. The molecule has 1 saturated heterocycles. The van der Waals surface area contributed by atoms with Gasteiger partial charge in [0.2, 0.25) is 0 Å². The molecule has 1 heterocycles.